The predicted molar refractivity (Wildman–Crippen MR) is 55.9 cm³/mol. The van der Waals surface area contributed by atoms with Gasteiger partial charge < -0.3 is 21.7 Å². The Balaban J connectivity index is 2.91. The molecule has 0 aliphatic carbocycles. The zero-order valence-electron chi connectivity index (χ0n) is 7.52. The fourth-order valence-corrected chi connectivity index (χ4v) is 1.21. The number of hydrogen-bond acceptors (Lipinski definition) is 4. The molecule has 0 heterocycles. The van der Waals surface area contributed by atoms with Crippen LogP contribution in [0, 0.1) is 0 Å². The van der Waals surface area contributed by atoms with Gasteiger partial charge in [0, 0.05) is 6.54 Å². The van der Waals surface area contributed by atoms with E-state index in [0.29, 0.717) is 16.3 Å². The van der Waals surface area contributed by atoms with E-state index in [1.807, 2.05) is 0 Å². The fraction of sp³-hybridized carbons (Fsp3) is 0.333. The molecule has 0 saturated heterocycles. The van der Waals surface area contributed by atoms with Gasteiger partial charge in [0.2, 0.25) is 0 Å². The molecular formula is C9H13ClN2O2. The Bertz CT molecular complexity index is 320. The minimum atomic E-state index is -1.03. The van der Waals surface area contributed by atoms with Crippen LogP contribution in [0.3, 0.4) is 0 Å². The zero-order chi connectivity index (χ0) is 10.7. The Morgan fingerprint density at radius 3 is 2.50 bits per heavy atom. The van der Waals surface area contributed by atoms with Crippen molar-refractivity contribution in [3.05, 3.63) is 28.8 Å². The van der Waals surface area contributed by atoms with E-state index in [1.54, 1.807) is 12.1 Å². The zero-order valence-corrected chi connectivity index (χ0v) is 8.28. The highest BCUT2D eigenvalue weighted by atomic mass is 35.5. The molecule has 0 saturated carbocycles. The topological polar surface area (TPSA) is 92.5 Å². The summed E-state index contributed by atoms with van der Waals surface area (Å²) in [5.74, 6) is 0. The van der Waals surface area contributed by atoms with E-state index < -0.39 is 12.2 Å². The van der Waals surface area contributed by atoms with Gasteiger partial charge in [-0.1, -0.05) is 17.7 Å². The van der Waals surface area contributed by atoms with Crippen molar-refractivity contribution >= 4 is 17.3 Å². The van der Waals surface area contributed by atoms with Gasteiger partial charge >= 0.3 is 0 Å². The Hall–Kier alpha value is -0.810. The predicted octanol–water partition coefficient (Wildman–Crippen LogP) is 0.275. The summed E-state index contributed by atoms with van der Waals surface area (Å²) < 4.78 is 0. The summed E-state index contributed by atoms with van der Waals surface area (Å²) in [4.78, 5) is 0. The second-order valence-corrected chi connectivity index (χ2v) is 3.44. The number of anilines is 1. The third-order valence-corrected chi connectivity index (χ3v) is 2.31. The molecule has 78 valence electrons. The van der Waals surface area contributed by atoms with Crippen LogP contribution in [0.5, 0.6) is 0 Å². The largest absolute Gasteiger partial charge is 0.398 e. The summed E-state index contributed by atoms with van der Waals surface area (Å²) in [5.41, 5.74) is 11.6. The molecule has 0 bridgehead atoms. The Labute approximate surface area is 87.1 Å². The summed E-state index contributed by atoms with van der Waals surface area (Å²) in [7, 11) is 0. The van der Waals surface area contributed by atoms with Gasteiger partial charge in [-0.2, -0.15) is 0 Å². The molecule has 5 heteroatoms. The van der Waals surface area contributed by atoms with Crippen LogP contribution in [0.2, 0.25) is 5.02 Å². The smallest absolute Gasteiger partial charge is 0.106 e. The molecule has 1 rings (SSSR count). The maximum absolute atomic E-state index is 9.58. The van der Waals surface area contributed by atoms with Crippen molar-refractivity contribution in [3.8, 4) is 0 Å². The van der Waals surface area contributed by atoms with Crippen LogP contribution in [0.4, 0.5) is 5.69 Å². The van der Waals surface area contributed by atoms with Gasteiger partial charge in [0.15, 0.2) is 0 Å². The third-order valence-electron chi connectivity index (χ3n) is 1.97. The Morgan fingerprint density at radius 1 is 1.36 bits per heavy atom. The number of aliphatic hydroxyl groups excluding tert-OH is 2. The van der Waals surface area contributed by atoms with E-state index in [9.17, 15) is 10.2 Å². The van der Waals surface area contributed by atoms with Crippen LogP contribution in [0.15, 0.2) is 18.2 Å². The van der Waals surface area contributed by atoms with Crippen LogP contribution in [0.1, 0.15) is 11.7 Å². The highest BCUT2D eigenvalue weighted by molar-refractivity contribution is 6.33. The van der Waals surface area contributed by atoms with Gasteiger partial charge in [-0.15, -0.1) is 0 Å². The van der Waals surface area contributed by atoms with Gasteiger partial charge in [0.1, 0.15) is 6.10 Å². The van der Waals surface area contributed by atoms with E-state index in [0.717, 1.165) is 0 Å². The van der Waals surface area contributed by atoms with E-state index in [1.165, 1.54) is 6.07 Å². The maximum Gasteiger partial charge on any atom is 0.106 e. The molecule has 0 amide bonds. The highest BCUT2D eigenvalue weighted by Gasteiger charge is 2.17. The third kappa shape index (κ3) is 2.36. The lowest BCUT2D eigenvalue weighted by Crippen LogP contribution is -2.27. The summed E-state index contributed by atoms with van der Waals surface area (Å²) in [6.45, 7) is -0.0102. The van der Waals surface area contributed by atoms with Crippen LogP contribution >= 0.6 is 11.6 Å². The van der Waals surface area contributed by atoms with Gasteiger partial charge in [0.05, 0.1) is 16.8 Å². The van der Waals surface area contributed by atoms with Crippen molar-refractivity contribution in [1.82, 2.24) is 0 Å². The molecule has 6 N–H and O–H groups in total. The molecule has 2 unspecified atom stereocenters. The average Bonchev–Trinajstić information content (AvgIpc) is 2.20. The molecule has 1 aromatic carbocycles. The summed E-state index contributed by atoms with van der Waals surface area (Å²) >= 11 is 5.70. The molecule has 14 heavy (non-hydrogen) atoms. The molecular weight excluding hydrogens is 204 g/mol. The molecule has 2 atom stereocenters. The number of nitrogens with two attached hydrogens (primary N) is 2. The number of halogens is 1. The minimum Gasteiger partial charge on any atom is -0.398 e. The van der Waals surface area contributed by atoms with Gasteiger partial charge in [-0.25, -0.2) is 0 Å². The lowest BCUT2D eigenvalue weighted by molar-refractivity contribution is 0.0244. The van der Waals surface area contributed by atoms with Crippen LogP contribution in [-0.4, -0.2) is 22.9 Å². The Morgan fingerprint density at radius 2 is 2.00 bits per heavy atom. The van der Waals surface area contributed by atoms with E-state index in [4.69, 9.17) is 23.1 Å². The molecule has 0 fully saturated rings. The molecule has 0 radical (unpaired) electrons. The SMILES string of the molecule is NCC(O)C(O)c1ccc(Cl)c(N)c1. The van der Waals surface area contributed by atoms with Gasteiger partial charge in [0.25, 0.3) is 0 Å². The van der Waals surface area contributed by atoms with Crippen molar-refractivity contribution in [2.45, 2.75) is 12.2 Å². The lowest BCUT2D eigenvalue weighted by Gasteiger charge is -2.16. The summed E-state index contributed by atoms with van der Waals surface area (Å²) in [5, 5.41) is 19.3. The molecule has 0 aliphatic heterocycles. The first-order valence-electron chi connectivity index (χ1n) is 4.17. The second-order valence-electron chi connectivity index (χ2n) is 3.03. The van der Waals surface area contributed by atoms with Crippen LogP contribution < -0.4 is 11.5 Å². The van der Waals surface area contributed by atoms with Crippen LogP contribution in [-0.2, 0) is 0 Å². The standard InChI is InChI=1S/C9H13ClN2O2/c10-6-2-1-5(3-7(6)12)9(14)8(13)4-11/h1-3,8-9,13-14H,4,11-12H2. The summed E-state index contributed by atoms with van der Waals surface area (Å²) in [6.07, 6.45) is -2.02. The van der Waals surface area contributed by atoms with Crippen molar-refractivity contribution in [2.75, 3.05) is 12.3 Å². The number of hydrogen-bond donors (Lipinski definition) is 4. The maximum atomic E-state index is 9.58. The summed E-state index contributed by atoms with van der Waals surface area (Å²) in [6, 6.07) is 4.69. The molecule has 4 nitrogen and oxygen atoms in total. The van der Waals surface area contributed by atoms with Crippen molar-refractivity contribution in [3.63, 3.8) is 0 Å². The van der Waals surface area contributed by atoms with Gasteiger partial charge in [-0.05, 0) is 17.7 Å². The molecule has 0 aliphatic rings. The first-order valence-corrected chi connectivity index (χ1v) is 4.55. The number of aliphatic hydroxyl groups is 2. The first kappa shape index (κ1) is 11.3. The normalized spacial score (nSPS) is 15.1. The highest BCUT2D eigenvalue weighted by Crippen LogP contribution is 2.24. The molecule has 0 aromatic heterocycles. The van der Waals surface area contributed by atoms with E-state index in [-0.39, 0.29) is 6.54 Å². The quantitative estimate of drug-likeness (QED) is 0.546. The molecule has 1 aromatic rings. The lowest BCUT2D eigenvalue weighted by atomic mass is 10.0. The average molecular weight is 217 g/mol. The second kappa shape index (κ2) is 4.61. The number of benzene rings is 1. The Kier molecular flexibility index (Phi) is 3.71. The van der Waals surface area contributed by atoms with E-state index in [2.05, 4.69) is 0 Å². The fourth-order valence-electron chi connectivity index (χ4n) is 1.10. The molecule has 0 spiro atoms. The first-order chi connectivity index (χ1) is 6.56. The van der Waals surface area contributed by atoms with E-state index >= 15 is 0 Å². The van der Waals surface area contributed by atoms with Crippen molar-refractivity contribution in [2.24, 2.45) is 5.73 Å². The van der Waals surface area contributed by atoms with Crippen molar-refractivity contribution < 1.29 is 10.2 Å². The number of rotatable bonds is 3. The number of nitrogen functional groups attached to an aromatic ring is 1. The van der Waals surface area contributed by atoms with Gasteiger partial charge in [-0.3, -0.25) is 0 Å². The minimum absolute atomic E-state index is 0.0102. The van der Waals surface area contributed by atoms with Crippen LogP contribution in [0.25, 0.3) is 0 Å². The van der Waals surface area contributed by atoms with Crippen molar-refractivity contribution in [1.29, 1.82) is 0 Å². The monoisotopic (exact) mass is 216 g/mol.